The minimum atomic E-state index is -0.0703. The number of aromatic nitrogens is 3. The maximum absolute atomic E-state index is 12.6. The largest absolute Gasteiger partial charge is 0.335 e. The van der Waals surface area contributed by atoms with Gasteiger partial charge in [0.15, 0.2) is 5.01 Å². The third kappa shape index (κ3) is 4.06. The average Bonchev–Trinajstić information content (AvgIpc) is 3.22. The summed E-state index contributed by atoms with van der Waals surface area (Å²) in [6.45, 7) is 5.49. The number of thiazole rings is 1. The number of hydrogen-bond donors (Lipinski definition) is 1. The molecule has 1 fully saturated rings. The topological polar surface area (TPSA) is 82.2 Å². The first-order valence-electron chi connectivity index (χ1n) is 9.52. The van der Waals surface area contributed by atoms with Crippen LogP contribution in [0.3, 0.4) is 0 Å². The van der Waals surface area contributed by atoms with Crippen LogP contribution in [0.25, 0.3) is 11.0 Å². The van der Waals surface area contributed by atoms with Crippen LogP contribution in [0.5, 0.6) is 0 Å². The second-order valence-corrected chi connectivity index (χ2v) is 7.86. The number of rotatable bonds is 4. The number of amides is 1. The Balaban J connectivity index is 1.40. The van der Waals surface area contributed by atoms with Crippen molar-refractivity contribution in [1.29, 1.82) is 0 Å². The number of pyridine rings is 2. The van der Waals surface area contributed by atoms with Crippen LogP contribution in [0.15, 0.2) is 28.5 Å². The molecule has 3 aromatic heterocycles. The Bertz CT molecular complexity index is 1150. The molecule has 8 heteroatoms. The van der Waals surface area contributed by atoms with Gasteiger partial charge in [0, 0.05) is 49.9 Å². The van der Waals surface area contributed by atoms with Crippen LogP contribution in [0.1, 0.15) is 33.5 Å². The molecule has 4 heterocycles. The molecular weight excluding hydrogens is 386 g/mol. The lowest BCUT2D eigenvalue weighted by Crippen LogP contribution is -2.48. The maximum Gasteiger partial charge on any atom is 0.273 e. The molecule has 0 unspecified atom stereocenters. The highest BCUT2D eigenvalue weighted by molar-refractivity contribution is 7.10. The SMILES string of the molecule is C#Cc1nc(C(=O)N2CCN(Cc3cnc4cc(CC)c(=O)[nH]c4c3)CC2)cs1. The van der Waals surface area contributed by atoms with Crippen molar-refractivity contribution >= 4 is 28.3 Å². The van der Waals surface area contributed by atoms with E-state index in [-0.39, 0.29) is 11.5 Å². The second kappa shape index (κ2) is 8.15. The predicted molar refractivity (Wildman–Crippen MR) is 113 cm³/mol. The number of nitrogens with zero attached hydrogens (tertiary/aromatic N) is 4. The predicted octanol–water partition coefficient (Wildman–Crippen LogP) is 1.88. The molecule has 7 nitrogen and oxygen atoms in total. The summed E-state index contributed by atoms with van der Waals surface area (Å²) in [4.78, 5) is 40.3. The highest BCUT2D eigenvalue weighted by Gasteiger charge is 2.24. The van der Waals surface area contributed by atoms with Gasteiger partial charge in [-0.05, 0) is 30.0 Å². The molecule has 148 valence electrons. The monoisotopic (exact) mass is 407 g/mol. The van der Waals surface area contributed by atoms with Crippen LogP contribution < -0.4 is 5.56 Å². The van der Waals surface area contributed by atoms with Crippen molar-refractivity contribution in [3.05, 3.63) is 55.9 Å². The Morgan fingerprint density at radius 1 is 1.31 bits per heavy atom. The summed E-state index contributed by atoms with van der Waals surface area (Å²) in [6, 6.07) is 3.84. The molecule has 0 aromatic carbocycles. The maximum atomic E-state index is 12.6. The summed E-state index contributed by atoms with van der Waals surface area (Å²) in [5.41, 5.74) is 3.71. The van der Waals surface area contributed by atoms with Gasteiger partial charge >= 0.3 is 0 Å². The van der Waals surface area contributed by atoms with Crippen LogP contribution in [0.2, 0.25) is 0 Å². The Labute approximate surface area is 172 Å². The minimum Gasteiger partial charge on any atom is -0.335 e. The van der Waals surface area contributed by atoms with Gasteiger partial charge < -0.3 is 9.88 Å². The van der Waals surface area contributed by atoms with Crippen molar-refractivity contribution in [2.75, 3.05) is 26.2 Å². The van der Waals surface area contributed by atoms with Gasteiger partial charge in [0.05, 0.1) is 11.0 Å². The molecule has 0 saturated carbocycles. The van der Waals surface area contributed by atoms with Gasteiger partial charge in [-0.2, -0.15) is 0 Å². The highest BCUT2D eigenvalue weighted by Crippen LogP contribution is 2.16. The minimum absolute atomic E-state index is 0.0545. The fourth-order valence-corrected chi connectivity index (χ4v) is 4.08. The molecule has 4 rings (SSSR count). The van der Waals surface area contributed by atoms with Crippen molar-refractivity contribution in [3.8, 4) is 12.3 Å². The molecule has 0 aliphatic carbocycles. The van der Waals surface area contributed by atoms with Crippen LogP contribution in [0.4, 0.5) is 0 Å². The van der Waals surface area contributed by atoms with Crippen LogP contribution in [-0.4, -0.2) is 56.8 Å². The van der Waals surface area contributed by atoms with Crippen molar-refractivity contribution in [2.24, 2.45) is 0 Å². The number of hydrogen-bond acceptors (Lipinski definition) is 6. The number of nitrogens with one attached hydrogen (secondary N) is 1. The molecule has 1 aliphatic heterocycles. The van der Waals surface area contributed by atoms with Crippen LogP contribution in [-0.2, 0) is 13.0 Å². The van der Waals surface area contributed by atoms with E-state index in [0.717, 1.165) is 41.8 Å². The van der Waals surface area contributed by atoms with E-state index in [2.05, 4.69) is 25.8 Å². The Hall–Kier alpha value is -3.02. The fourth-order valence-electron chi connectivity index (χ4n) is 3.48. The van der Waals surface area contributed by atoms with E-state index in [9.17, 15) is 9.59 Å². The van der Waals surface area contributed by atoms with E-state index >= 15 is 0 Å². The molecule has 1 saturated heterocycles. The molecular formula is C21H21N5O2S. The number of carbonyl (C=O) groups excluding carboxylic acids is 1. The standard InChI is InChI=1S/C21H21N5O2S/c1-3-15-10-16-17(24-20(15)27)9-14(11-22-16)12-25-5-7-26(8-6-25)21(28)18-13-29-19(4-2)23-18/h2,9-11,13H,3,5-8,12H2,1H3,(H,24,27). The molecule has 0 atom stereocenters. The smallest absolute Gasteiger partial charge is 0.273 e. The third-order valence-electron chi connectivity index (χ3n) is 5.12. The van der Waals surface area contributed by atoms with Gasteiger partial charge in [-0.15, -0.1) is 17.8 Å². The van der Waals surface area contributed by atoms with Gasteiger partial charge in [0.2, 0.25) is 0 Å². The molecule has 1 aliphatic rings. The van der Waals surface area contributed by atoms with E-state index in [4.69, 9.17) is 6.42 Å². The van der Waals surface area contributed by atoms with Crippen molar-refractivity contribution in [2.45, 2.75) is 19.9 Å². The molecule has 0 bridgehead atoms. The molecule has 0 radical (unpaired) electrons. The summed E-state index contributed by atoms with van der Waals surface area (Å²) < 4.78 is 0. The summed E-state index contributed by atoms with van der Waals surface area (Å²) in [6.07, 6.45) is 7.87. The Kier molecular flexibility index (Phi) is 5.43. The first-order valence-corrected chi connectivity index (χ1v) is 10.4. The number of aromatic amines is 1. The van der Waals surface area contributed by atoms with E-state index in [0.29, 0.717) is 30.2 Å². The van der Waals surface area contributed by atoms with Gasteiger partial charge in [-0.1, -0.05) is 6.92 Å². The van der Waals surface area contributed by atoms with Gasteiger partial charge in [0.1, 0.15) is 5.69 Å². The van der Waals surface area contributed by atoms with E-state index in [1.165, 1.54) is 11.3 Å². The lowest BCUT2D eigenvalue weighted by atomic mass is 10.1. The number of terminal acetylenes is 1. The average molecular weight is 407 g/mol. The summed E-state index contributed by atoms with van der Waals surface area (Å²) in [5, 5.41) is 2.25. The molecule has 1 N–H and O–H groups in total. The van der Waals surface area contributed by atoms with Crippen molar-refractivity contribution in [3.63, 3.8) is 0 Å². The van der Waals surface area contributed by atoms with E-state index in [1.54, 1.807) is 5.38 Å². The zero-order chi connectivity index (χ0) is 20.4. The number of fused-ring (bicyclic) bond motifs is 1. The lowest BCUT2D eigenvalue weighted by Gasteiger charge is -2.34. The normalized spacial score (nSPS) is 14.8. The van der Waals surface area contributed by atoms with E-state index in [1.807, 2.05) is 30.2 Å². The Morgan fingerprint density at radius 2 is 2.10 bits per heavy atom. The quantitative estimate of drug-likeness (QED) is 0.668. The van der Waals surface area contributed by atoms with Crippen molar-refractivity contribution < 1.29 is 4.79 Å². The third-order valence-corrected chi connectivity index (χ3v) is 5.89. The van der Waals surface area contributed by atoms with Gasteiger partial charge in [0.25, 0.3) is 11.5 Å². The van der Waals surface area contributed by atoms with Crippen LogP contribution in [0, 0.1) is 12.3 Å². The number of aryl methyl sites for hydroxylation is 1. The highest BCUT2D eigenvalue weighted by atomic mass is 32.1. The van der Waals surface area contributed by atoms with Gasteiger partial charge in [-0.25, -0.2) is 4.98 Å². The molecule has 0 spiro atoms. The first-order chi connectivity index (χ1) is 14.1. The van der Waals surface area contributed by atoms with Crippen molar-refractivity contribution in [1.82, 2.24) is 24.8 Å². The van der Waals surface area contributed by atoms with Gasteiger partial charge in [-0.3, -0.25) is 19.5 Å². The molecule has 29 heavy (non-hydrogen) atoms. The number of H-pyrrole nitrogens is 1. The zero-order valence-electron chi connectivity index (χ0n) is 16.1. The summed E-state index contributed by atoms with van der Waals surface area (Å²) in [5.74, 6) is 2.39. The lowest BCUT2D eigenvalue weighted by molar-refractivity contribution is 0.0623. The molecule has 3 aromatic rings. The number of carbonyl (C=O) groups is 1. The zero-order valence-corrected chi connectivity index (χ0v) is 17.0. The van der Waals surface area contributed by atoms with Crippen LogP contribution >= 0.6 is 11.3 Å². The summed E-state index contributed by atoms with van der Waals surface area (Å²) >= 11 is 1.31. The number of piperazine rings is 1. The fraction of sp³-hybridized carbons (Fsp3) is 0.333. The second-order valence-electron chi connectivity index (χ2n) is 7.00. The molecule has 1 amide bonds. The Morgan fingerprint density at radius 3 is 2.79 bits per heavy atom. The van der Waals surface area contributed by atoms with E-state index < -0.39 is 0 Å². The summed E-state index contributed by atoms with van der Waals surface area (Å²) in [7, 11) is 0. The first kappa shape index (κ1) is 19.3.